The molecule has 0 aliphatic carbocycles. The number of anilines is 1. The van der Waals surface area contributed by atoms with Gasteiger partial charge >= 0.3 is 11.9 Å². The topological polar surface area (TPSA) is 102 Å². The molecule has 9 heteroatoms. The normalized spacial score (nSPS) is 24.1. The zero-order chi connectivity index (χ0) is 25.2. The first kappa shape index (κ1) is 25.7. The maximum Gasteiger partial charge on any atom is 0.351 e. The van der Waals surface area contributed by atoms with Gasteiger partial charge in [-0.05, 0) is 65.7 Å². The van der Waals surface area contributed by atoms with Crippen molar-refractivity contribution in [1.29, 1.82) is 0 Å². The lowest BCUT2D eigenvalue weighted by atomic mass is 10.1. The summed E-state index contributed by atoms with van der Waals surface area (Å²) in [5, 5.41) is 0. The van der Waals surface area contributed by atoms with Gasteiger partial charge in [0.15, 0.2) is 6.10 Å². The number of ether oxygens (including phenoxy) is 3. The van der Waals surface area contributed by atoms with E-state index in [1.54, 1.807) is 45.0 Å². The predicted octanol–water partition coefficient (Wildman–Crippen LogP) is 2.70. The van der Waals surface area contributed by atoms with Gasteiger partial charge in [-0.2, -0.15) is 0 Å². The molecule has 4 atom stereocenters. The smallest absolute Gasteiger partial charge is 0.351 e. The Bertz CT molecular complexity index is 945. The molecule has 2 fully saturated rings. The Morgan fingerprint density at radius 1 is 1.12 bits per heavy atom. The van der Waals surface area contributed by atoms with Gasteiger partial charge < -0.3 is 24.0 Å². The number of amides is 2. The Kier molecular flexibility index (Phi) is 7.65. The van der Waals surface area contributed by atoms with Gasteiger partial charge in [-0.3, -0.25) is 14.4 Å². The van der Waals surface area contributed by atoms with Gasteiger partial charge in [0, 0.05) is 36.8 Å². The number of carbonyl (C=O) groups excluding carboxylic acids is 4. The summed E-state index contributed by atoms with van der Waals surface area (Å²) < 4.78 is 16.1. The molecule has 186 valence electrons. The molecule has 9 nitrogen and oxygen atoms in total. The number of hydrogen-bond acceptors (Lipinski definition) is 7. The predicted molar refractivity (Wildman–Crippen MR) is 124 cm³/mol. The minimum absolute atomic E-state index is 0.0804. The molecule has 4 unspecified atom stereocenters. The first-order chi connectivity index (χ1) is 15.9. The van der Waals surface area contributed by atoms with Gasteiger partial charge in [0.2, 0.25) is 6.10 Å². The highest BCUT2D eigenvalue weighted by Gasteiger charge is 2.44. The van der Waals surface area contributed by atoms with Crippen molar-refractivity contribution in [2.45, 2.75) is 84.3 Å². The van der Waals surface area contributed by atoms with E-state index >= 15 is 0 Å². The first-order valence-electron chi connectivity index (χ1n) is 11.6. The van der Waals surface area contributed by atoms with Crippen molar-refractivity contribution in [1.82, 2.24) is 4.90 Å². The molecule has 0 bridgehead atoms. The Morgan fingerprint density at radius 3 is 2.35 bits per heavy atom. The number of benzene rings is 1. The SMILES string of the molecule is CC(=O)OC(C(=O)OC(C)(C)C)C1OCCN(c2cccc(C(=O)N3C(C)CCC3C)c2)C1=O. The lowest BCUT2D eigenvalue weighted by Crippen LogP contribution is -2.56. The highest BCUT2D eigenvalue weighted by atomic mass is 16.6. The maximum atomic E-state index is 13.4. The molecule has 2 amide bonds. The van der Waals surface area contributed by atoms with Crippen LogP contribution in [0.25, 0.3) is 0 Å². The number of esters is 2. The molecule has 0 aromatic heterocycles. The molecule has 3 rings (SSSR count). The van der Waals surface area contributed by atoms with Crippen LogP contribution < -0.4 is 4.90 Å². The Labute approximate surface area is 200 Å². The highest BCUT2D eigenvalue weighted by Crippen LogP contribution is 2.28. The van der Waals surface area contributed by atoms with Gasteiger partial charge in [-0.1, -0.05) is 6.07 Å². The monoisotopic (exact) mass is 474 g/mol. The van der Waals surface area contributed by atoms with Gasteiger partial charge in [0.1, 0.15) is 5.60 Å². The minimum atomic E-state index is -1.54. The fraction of sp³-hybridized carbons (Fsp3) is 0.600. The molecule has 1 aromatic carbocycles. The van der Waals surface area contributed by atoms with Crippen LogP contribution in [0.1, 0.15) is 64.7 Å². The zero-order valence-electron chi connectivity index (χ0n) is 20.7. The van der Waals surface area contributed by atoms with Gasteiger partial charge in [-0.15, -0.1) is 0 Å². The number of carbonyl (C=O) groups is 4. The van der Waals surface area contributed by atoms with E-state index in [1.807, 2.05) is 18.7 Å². The van der Waals surface area contributed by atoms with Crippen molar-refractivity contribution in [3.63, 3.8) is 0 Å². The second-order valence-electron chi connectivity index (χ2n) is 9.88. The molecule has 34 heavy (non-hydrogen) atoms. The molecule has 0 radical (unpaired) electrons. The van der Waals surface area contributed by atoms with Crippen LogP contribution in [0.15, 0.2) is 24.3 Å². The third-order valence-electron chi connectivity index (χ3n) is 5.92. The van der Waals surface area contributed by atoms with Crippen molar-refractivity contribution >= 4 is 29.4 Å². The fourth-order valence-electron chi connectivity index (χ4n) is 4.40. The van der Waals surface area contributed by atoms with Crippen LogP contribution >= 0.6 is 0 Å². The summed E-state index contributed by atoms with van der Waals surface area (Å²) >= 11 is 0. The number of morpholine rings is 1. The molecule has 0 N–H and O–H groups in total. The number of rotatable bonds is 5. The van der Waals surface area contributed by atoms with Gasteiger partial charge in [0.05, 0.1) is 6.61 Å². The van der Waals surface area contributed by atoms with Gasteiger partial charge in [-0.25, -0.2) is 4.79 Å². The summed E-state index contributed by atoms with van der Waals surface area (Å²) in [7, 11) is 0. The van der Waals surface area contributed by atoms with E-state index in [2.05, 4.69) is 0 Å². The molecular formula is C25H34N2O7. The van der Waals surface area contributed by atoms with Crippen LogP contribution in [0.4, 0.5) is 5.69 Å². The number of likely N-dealkylation sites (tertiary alicyclic amines) is 1. The molecular weight excluding hydrogens is 440 g/mol. The largest absolute Gasteiger partial charge is 0.457 e. The average Bonchev–Trinajstić information content (AvgIpc) is 3.08. The van der Waals surface area contributed by atoms with E-state index < -0.39 is 35.7 Å². The molecule has 2 saturated heterocycles. The lowest BCUT2D eigenvalue weighted by Gasteiger charge is -2.36. The lowest BCUT2D eigenvalue weighted by molar-refractivity contribution is -0.188. The van der Waals surface area contributed by atoms with E-state index in [4.69, 9.17) is 14.2 Å². The Morgan fingerprint density at radius 2 is 1.76 bits per heavy atom. The van der Waals surface area contributed by atoms with Crippen LogP contribution in [0.2, 0.25) is 0 Å². The summed E-state index contributed by atoms with van der Waals surface area (Å²) in [5.74, 6) is -2.21. The molecule has 0 saturated carbocycles. The van der Waals surface area contributed by atoms with Crippen molar-refractivity contribution < 1.29 is 33.4 Å². The summed E-state index contributed by atoms with van der Waals surface area (Å²) in [6, 6.07) is 7.16. The second-order valence-corrected chi connectivity index (χ2v) is 9.88. The summed E-state index contributed by atoms with van der Waals surface area (Å²) in [5.41, 5.74) is 0.151. The highest BCUT2D eigenvalue weighted by molar-refractivity contribution is 6.02. The van der Waals surface area contributed by atoms with Crippen LogP contribution in [0, 0.1) is 0 Å². The zero-order valence-corrected chi connectivity index (χ0v) is 20.7. The summed E-state index contributed by atoms with van der Waals surface area (Å²) in [4.78, 5) is 54.3. The van der Waals surface area contributed by atoms with Crippen LogP contribution in [0.5, 0.6) is 0 Å². The van der Waals surface area contributed by atoms with E-state index in [9.17, 15) is 19.2 Å². The summed E-state index contributed by atoms with van der Waals surface area (Å²) in [6.45, 7) is 10.6. The molecule has 2 aliphatic heterocycles. The van der Waals surface area contributed by atoms with Crippen molar-refractivity contribution in [3.8, 4) is 0 Å². The van der Waals surface area contributed by atoms with Crippen molar-refractivity contribution in [2.75, 3.05) is 18.1 Å². The van der Waals surface area contributed by atoms with Crippen LogP contribution in [0.3, 0.4) is 0 Å². The van der Waals surface area contributed by atoms with E-state index in [1.165, 1.54) is 4.90 Å². The van der Waals surface area contributed by atoms with Crippen LogP contribution in [-0.4, -0.2) is 71.7 Å². The third-order valence-corrected chi connectivity index (χ3v) is 5.92. The standard InChI is InChI=1S/C25H34N2O7/c1-15-10-11-16(2)27(15)22(29)18-8-7-9-19(14-18)26-12-13-32-20(23(26)30)21(33-17(3)28)24(31)34-25(4,5)6/h7-9,14-16,20-21H,10-13H2,1-6H3. The average molecular weight is 475 g/mol. The van der Waals surface area contributed by atoms with E-state index in [0.29, 0.717) is 11.3 Å². The van der Waals surface area contributed by atoms with E-state index in [-0.39, 0.29) is 31.1 Å². The number of hydrogen-bond donors (Lipinski definition) is 0. The van der Waals surface area contributed by atoms with Crippen LogP contribution in [-0.2, 0) is 28.6 Å². The fourth-order valence-corrected chi connectivity index (χ4v) is 4.40. The molecule has 0 spiro atoms. The van der Waals surface area contributed by atoms with Gasteiger partial charge in [0.25, 0.3) is 11.8 Å². The second kappa shape index (κ2) is 10.1. The minimum Gasteiger partial charge on any atom is -0.457 e. The Balaban J connectivity index is 1.85. The quantitative estimate of drug-likeness (QED) is 0.605. The molecule has 2 aliphatic rings. The molecule has 2 heterocycles. The van der Waals surface area contributed by atoms with Crippen molar-refractivity contribution in [2.24, 2.45) is 0 Å². The molecule has 1 aromatic rings. The summed E-state index contributed by atoms with van der Waals surface area (Å²) in [6.07, 6.45) is -0.981. The third kappa shape index (κ3) is 5.75. The van der Waals surface area contributed by atoms with E-state index in [0.717, 1.165) is 19.8 Å². The number of nitrogens with zero attached hydrogens (tertiary/aromatic N) is 2. The maximum absolute atomic E-state index is 13.4. The van der Waals surface area contributed by atoms with Crippen molar-refractivity contribution in [3.05, 3.63) is 29.8 Å². The first-order valence-corrected chi connectivity index (χ1v) is 11.6. The Hall–Kier alpha value is -2.94.